The van der Waals surface area contributed by atoms with Crippen molar-refractivity contribution in [2.45, 2.75) is 26.8 Å². The molecule has 18 heavy (non-hydrogen) atoms. The van der Waals surface area contributed by atoms with Gasteiger partial charge in [-0.1, -0.05) is 24.3 Å². The number of carbonyl (C=O) groups excluding carboxylic acids is 1. The molecule has 0 fully saturated rings. The summed E-state index contributed by atoms with van der Waals surface area (Å²) < 4.78 is 0. The zero-order valence-electron chi connectivity index (χ0n) is 10.7. The van der Waals surface area contributed by atoms with Crippen LogP contribution in [0.15, 0.2) is 35.7 Å². The van der Waals surface area contributed by atoms with E-state index in [0.29, 0.717) is 13.0 Å². The van der Waals surface area contributed by atoms with Crippen molar-refractivity contribution in [1.29, 1.82) is 0 Å². The molecule has 0 bridgehead atoms. The van der Waals surface area contributed by atoms with Crippen molar-refractivity contribution in [3.05, 3.63) is 57.3 Å². The summed E-state index contributed by atoms with van der Waals surface area (Å²) in [4.78, 5) is 13.1. The summed E-state index contributed by atoms with van der Waals surface area (Å²) in [6.07, 6.45) is 0.455. The average molecular weight is 259 g/mol. The predicted octanol–water partition coefficient (Wildman–Crippen LogP) is 3.22. The molecule has 3 heteroatoms. The highest BCUT2D eigenvalue weighted by molar-refractivity contribution is 7.10. The zero-order chi connectivity index (χ0) is 13.0. The van der Waals surface area contributed by atoms with Gasteiger partial charge in [0, 0.05) is 4.88 Å². The highest BCUT2D eigenvalue weighted by atomic mass is 32.1. The van der Waals surface area contributed by atoms with Gasteiger partial charge in [0.25, 0.3) is 0 Å². The van der Waals surface area contributed by atoms with Gasteiger partial charge in [-0.2, -0.15) is 0 Å². The van der Waals surface area contributed by atoms with Gasteiger partial charge in [-0.05, 0) is 42.0 Å². The molecule has 0 aliphatic carbocycles. The Morgan fingerprint density at radius 1 is 1.17 bits per heavy atom. The van der Waals surface area contributed by atoms with Crippen molar-refractivity contribution < 1.29 is 4.79 Å². The van der Waals surface area contributed by atoms with Gasteiger partial charge in [-0.3, -0.25) is 4.79 Å². The number of benzene rings is 1. The Morgan fingerprint density at radius 2 is 1.94 bits per heavy atom. The van der Waals surface area contributed by atoms with Gasteiger partial charge in [0.15, 0.2) is 0 Å². The van der Waals surface area contributed by atoms with Crippen molar-refractivity contribution in [2.75, 3.05) is 0 Å². The molecule has 0 saturated heterocycles. The topological polar surface area (TPSA) is 29.1 Å². The number of thiophene rings is 1. The third-order valence-electron chi connectivity index (χ3n) is 3.03. The molecule has 1 N–H and O–H groups in total. The van der Waals surface area contributed by atoms with E-state index >= 15 is 0 Å². The van der Waals surface area contributed by atoms with E-state index in [4.69, 9.17) is 0 Å². The van der Waals surface area contributed by atoms with Crippen molar-refractivity contribution >= 4 is 17.2 Å². The summed E-state index contributed by atoms with van der Waals surface area (Å²) in [5.41, 5.74) is 3.51. The lowest BCUT2D eigenvalue weighted by atomic mass is 10.1. The molecule has 2 rings (SSSR count). The van der Waals surface area contributed by atoms with Crippen LogP contribution in [0, 0.1) is 13.8 Å². The van der Waals surface area contributed by atoms with E-state index in [1.54, 1.807) is 11.3 Å². The largest absolute Gasteiger partial charge is 0.351 e. The Kier molecular flexibility index (Phi) is 4.15. The molecular formula is C15H17NOS. The van der Waals surface area contributed by atoms with E-state index in [0.717, 1.165) is 5.56 Å². The fourth-order valence-corrected chi connectivity index (χ4v) is 2.65. The molecule has 0 radical (unpaired) electrons. The van der Waals surface area contributed by atoms with Crippen LogP contribution in [0.3, 0.4) is 0 Å². The summed E-state index contributed by atoms with van der Waals surface area (Å²) >= 11 is 1.69. The Morgan fingerprint density at radius 3 is 2.61 bits per heavy atom. The number of hydrogen-bond acceptors (Lipinski definition) is 2. The van der Waals surface area contributed by atoms with Gasteiger partial charge in [-0.15, -0.1) is 11.3 Å². The van der Waals surface area contributed by atoms with Crippen LogP contribution >= 0.6 is 11.3 Å². The third-order valence-corrected chi connectivity index (χ3v) is 4.05. The molecule has 0 saturated carbocycles. The molecule has 2 nitrogen and oxygen atoms in total. The highest BCUT2D eigenvalue weighted by Crippen LogP contribution is 2.15. The number of amides is 1. The lowest BCUT2D eigenvalue weighted by Gasteiger charge is -2.07. The SMILES string of the molecule is Cc1ccccc1CC(=O)NCc1sccc1C. The summed E-state index contributed by atoms with van der Waals surface area (Å²) in [7, 11) is 0. The maximum absolute atomic E-state index is 11.9. The molecule has 2 aromatic rings. The minimum absolute atomic E-state index is 0.0806. The van der Waals surface area contributed by atoms with Crippen LogP contribution in [0.4, 0.5) is 0 Å². The van der Waals surface area contributed by atoms with Crippen molar-refractivity contribution in [3.63, 3.8) is 0 Å². The van der Waals surface area contributed by atoms with E-state index in [9.17, 15) is 4.79 Å². The summed E-state index contributed by atoms with van der Waals surface area (Å²) in [6, 6.07) is 10.1. The van der Waals surface area contributed by atoms with Gasteiger partial charge in [0.1, 0.15) is 0 Å². The van der Waals surface area contributed by atoms with E-state index in [-0.39, 0.29) is 5.91 Å². The van der Waals surface area contributed by atoms with Gasteiger partial charge in [-0.25, -0.2) is 0 Å². The molecule has 1 heterocycles. The number of nitrogens with one attached hydrogen (secondary N) is 1. The molecule has 0 aliphatic rings. The van der Waals surface area contributed by atoms with Gasteiger partial charge < -0.3 is 5.32 Å². The minimum Gasteiger partial charge on any atom is -0.351 e. The molecule has 0 aliphatic heterocycles. The molecule has 0 unspecified atom stereocenters. The van der Waals surface area contributed by atoms with Gasteiger partial charge in [0.05, 0.1) is 13.0 Å². The van der Waals surface area contributed by atoms with Crippen LogP contribution in [0.2, 0.25) is 0 Å². The first-order valence-electron chi connectivity index (χ1n) is 6.01. The second-order valence-corrected chi connectivity index (χ2v) is 5.41. The van der Waals surface area contributed by atoms with Crippen LogP contribution in [-0.4, -0.2) is 5.91 Å². The second-order valence-electron chi connectivity index (χ2n) is 4.41. The monoisotopic (exact) mass is 259 g/mol. The van der Waals surface area contributed by atoms with Crippen molar-refractivity contribution in [1.82, 2.24) is 5.32 Å². The summed E-state index contributed by atoms with van der Waals surface area (Å²) in [5, 5.41) is 5.03. The number of rotatable bonds is 4. The van der Waals surface area contributed by atoms with Gasteiger partial charge >= 0.3 is 0 Å². The number of aryl methyl sites for hydroxylation is 2. The second kappa shape index (κ2) is 5.83. The first kappa shape index (κ1) is 12.8. The molecule has 1 amide bonds. The van der Waals surface area contributed by atoms with E-state index in [1.165, 1.54) is 16.0 Å². The molecule has 0 atom stereocenters. The molecule has 1 aromatic heterocycles. The molecular weight excluding hydrogens is 242 g/mol. The van der Waals surface area contributed by atoms with Gasteiger partial charge in [0.2, 0.25) is 5.91 Å². The van der Waals surface area contributed by atoms with Crippen LogP contribution in [-0.2, 0) is 17.8 Å². The van der Waals surface area contributed by atoms with Crippen molar-refractivity contribution in [3.8, 4) is 0 Å². The summed E-state index contributed by atoms with van der Waals surface area (Å²) in [6.45, 7) is 4.74. The fourth-order valence-electron chi connectivity index (χ4n) is 1.81. The average Bonchev–Trinajstić information content (AvgIpc) is 2.75. The van der Waals surface area contributed by atoms with E-state index in [1.807, 2.05) is 31.2 Å². The first-order valence-corrected chi connectivity index (χ1v) is 6.89. The third kappa shape index (κ3) is 3.20. The van der Waals surface area contributed by atoms with Crippen LogP contribution in [0.1, 0.15) is 21.6 Å². The predicted molar refractivity (Wildman–Crippen MR) is 75.8 cm³/mol. The van der Waals surface area contributed by atoms with Crippen LogP contribution in [0.5, 0.6) is 0 Å². The normalized spacial score (nSPS) is 10.3. The standard InChI is InChI=1S/C15H17NOS/c1-11-5-3-4-6-13(11)9-15(17)16-10-14-12(2)7-8-18-14/h3-8H,9-10H2,1-2H3,(H,16,17). The Balaban J connectivity index is 1.90. The maximum Gasteiger partial charge on any atom is 0.224 e. The van der Waals surface area contributed by atoms with E-state index < -0.39 is 0 Å². The molecule has 1 aromatic carbocycles. The fraction of sp³-hybridized carbons (Fsp3) is 0.267. The lowest BCUT2D eigenvalue weighted by molar-refractivity contribution is -0.120. The lowest BCUT2D eigenvalue weighted by Crippen LogP contribution is -2.24. The van der Waals surface area contributed by atoms with Crippen LogP contribution in [0.25, 0.3) is 0 Å². The smallest absolute Gasteiger partial charge is 0.224 e. The minimum atomic E-state index is 0.0806. The van der Waals surface area contributed by atoms with Crippen LogP contribution < -0.4 is 5.32 Å². The Labute approximate surface area is 112 Å². The first-order chi connectivity index (χ1) is 8.66. The Hall–Kier alpha value is -1.61. The number of carbonyl (C=O) groups is 1. The summed E-state index contributed by atoms with van der Waals surface area (Å²) in [5.74, 6) is 0.0806. The number of hydrogen-bond donors (Lipinski definition) is 1. The maximum atomic E-state index is 11.9. The van der Waals surface area contributed by atoms with Crippen molar-refractivity contribution in [2.24, 2.45) is 0 Å². The zero-order valence-corrected chi connectivity index (χ0v) is 11.5. The molecule has 94 valence electrons. The highest BCUT2D eigenvalue weighted by Gasteiger charge is 2.06. The van der Waals surface area contributed by atoms with E-state index in [2.05, 4.69) is 23.7 Å². The molecule has 0 spiro atoms. The Bertz CT molecular complexity index is 545. The quantitative estimate of drug-likeness (QED) is 0.897.